The van der Waals surface area contributed by atoms with E-state index in [2.05, 4.69) is 37.1 Å². The number of carboxylic acids is 1. The number of amides is 1. The number of ether oxygens (including phenoxy) is 3. The third-order valence-electron chi connectivity index (χ3n) is 13.3. The maximum absolute atomic E-state index is 13.1. The van der Waals surface area contributed by atoms with Crippen LogP contribution in [-0.4, -0.2) is 76.8 Å². The van der Waals surface area contributed by atoms with Crippen LogP contribution in [0.3, 0.4) is 0 Å². The number of fused-ring (bicyclic) bond motifs is 2. The summed E-state index contributed by atoms with van der Waals surface area (Å²) in [6.45, 7) is 13.9. The van der Waals surface area contributed by atoms with Crippen LogP contribution in [0, 0.1) is 28.6 Å². The van der Waals surface area contributed by atoms with Crippen LogP contribution in [0.25, 0.3) is 0 Å². The van der Waals surface area contributed by atoms with Crippen molar-refractivity contribution in [1.29, 1.82) is 0 Å². The molecule has 5 fully saturated rings. The number of hydrogen-bond donors (Lipinski definition) is 3. The largest absolute Gasteiger partial charge is 0.482 e. The minimum Gasteiger partial charge on any atom is -0.482 e. The molecular weight excluding hydrogens is 560 g/mol. The van der Waals surface area contributed by atoms with E-state index in [1.165, 1.54) is 18.4 Å². The summed E-state index contributed by atoms with van der Waals surface area (Å²) < 4.78 is 19.7. The second kappa shape index (κ2) is 9.58. The van der Waals surface area contributed by atoms with Crippen molar-refractivity contribution in [2.75, 3.05) is 20.2 Å². The Kier molecular flexibility index (Phi) is 6.60. The Morgan fingerprint density at radius 2 is 1.89 bits per heavy atom. The van der Waals surface area contributed by atoms with Crippen LogP contribution in [0.1, 0.15) is 91.2 Å². The summed E-state index contributed by atoms with van der Waals surface area (Å²) >= 11 is 0. The molecule has 7 aliphatic rings. The van der Waals surface area contributed by atoms with Crippen molar-refractivity contribution in [3.63, 3.8) is 0 Å². The van der Waals surface area contributed by atoms with Gasteiger partial charge in [-0.1, -0.05) is 40.7 Å². The van der Waals surface area contributed by atoms with E-state index in [1.807, 2.05) is 13.0 Å². The van der Waals surface area contributed by atoms with Gasteiger partial charge in [-0.15, -0.1) is 0 Å². The average Bonchev–Trinajstić information content (AvgIpc) is 3.69. The van der Waals surface area contributed by atoms with Crippen molar-refractivity contribution in [3.05, 3.63) is 23.3 Å². The van der Waals surface area contributed by atoms with Gasteiger partial charge in [0.15, 0.2) is 11.5 Å². The highest BCUT2D eigenvalue weighted by atomic mass is 16.6. The first kappa shape index (κ1) is 30.3. The Balaban J connectivity index is 1.36. The van der Waals surface area contributed by atoms with Gasteiger partial charge in [0.05, 0.1) is 5.60 Å². The zero-order valence-corrected chi connectivity index (χ0v) is 27.4. The van der Waals surface area contributed by atoms with E-state index in [1.54, 1.807) is 21.0 Å². The molecule has 4 bridgehead atoms. The van der Waals surface area contributed by atoms with Crippen LogP contribution in [0.4, 0.5) is 4.79 Å². The number of likely N-dealkylation sites (tertiary alicyclic amines) is 1. The lowest BCUT2D eigenvalue weighted by atomic mass is 9.33. The van der Waals surface area contributed by atoms with Crippen molar-refractivity contribution in [2.45, 2.75) is 121 Å². The monoisotopic (exact) mass is 610 g/mol. The van der Waals surface area contributed by atoms with E-state index >= 15 is 0 Å². The maximum atomic E-state index is 13.1. The van der Waals surface area contributed by atoms with Crippen LogP contribution in [0.5, 0.6) is 11.5 Å². The van der Waals surface area contributed by atoms with E-state index in [0.717, 1.165) is 56.7 Å². The van der Waals surface area contributed by atoms with Gasteiger partial charge in [-0.3, -0.25) is 4.90 Å². The molecule has 44 heavy (non-hydrogen) atoms. The van der Waals surface area contributed by atoms with Gasteiger partial charge in [0.1, 0.15) is 17.7 Å². The summed E-state index contributed by atoms with van der Waals surface area (Å²) in [6.07, 6.45) is 5.97. The molecule has 1 saturated heterocycles. The first-order valence-corrected chi connectivity index (χ1v) is 16.7. The zero-order chi connectivity index (χ0) is 31.6. The van der Waals surface area contributed by atoms with Gasteiger partial charge in [0, 0.05) is 42.0 Å². The molecule has 9 heteroatoms. The predicted molar refractivity (Wildman–Crippen MR) is 164 cm³/mol. The molecule has 1 aromatic carbocycles. The Morgan fingerprint density at radius 1 is 1.16 bits per heavy atom. The second-order valence-corrected chi connectivity index (χ2v) is 16.4. The number of aliphatic carboxylic acids is 1. The second-order valence-electron chi connectivity index (χ2n) is 16.4. The van der Waals surface area contributed by atoms with E-state index in [9.17, 15) is 19.8 Å². The average molecular weight is 611 g/mol. The molecule has 8 atom stereocenters. The Labute approximate surface area is 261 Å². The van der Waals surface area contributed by atoms with E-state index in [0.29, 0.717) is 17.5 Å². The minimum atomic E-state index is -1.10. The topological polar surface area (TPSA) is 118 Å². The number of hydrogen-bond acceptors (Lipinski definition) is 7. The number of benzene rings is 1. The van der Waals surface area contributed by atoms with Crippen molar-refractivity contribution in [2.24, 2.45) is 28.6 Å². The van der Waals surface area contributed by atoms with Gasteiger partial charge >= 0.3 is 12.1 Å². The van der Waals surface area contributed by atoms with Gasteiger partial charge < -0.3 is 29.7 Å². The lowest BCUT2D eigenvalue weighted by Gasteiger charge is -2.75. The van der Waals surface area contributed by atoms with Crippen LogP contribution in [0.15, 0.2) is 12.1 Å². The molecule has 2 heterocycles. The summed E-state index contributed by atoms with van der Waals surface area (Å²) in [4.78, 5) is 27.7. The quantitative estimate of drug-likeness (QED) is 0.380. The fraction of sp³-hybridized carbons (Fsp3) is 0.771. The van der Waals surface area contributed by atoms with Crippen LogP contribution < -0.4 is 14.8 Å². The molecule has 5 aliphatic carbocycles. The van der Waals surface area contributed by atoms with Crippen LogP contribution in [0.2, 0.25) is 0 Å². The third-order valence-corrected chi connectivity index (χ3v) is 13.3. The normalized spacial score (nSPS) is 37.2. The summed E-state index contributed by atoms with van der Waals surface area (Å²) in [6, 6.07) is 3.18. The minimum absolute atomic E-state index is 0.115. The first-order chi connectivity index (χ1) is 20.6. The lowest BCUT2D eigenvalue weighted by Crippen LogP contribution is -2.83. The van der Waals surface area contributed by atoms with Crippen molar-refractivity contribution < 1.29 is 34.0 Å². The number of nitrogens with zero attached hydrogens (tertiary/aromatic N) is 1. The lowest BCUT2D eigenvalue weighted by molar-refractivity contribution is -0.312. The van der Waals surface area contributed by atoms with E-state index in [4.69, 9.17) is 14.2 Å². The molecule has 2 unspecified atom stereocenters. The standard InChI is InChI=1S/C35H50N2O7/c1-19(2)26(28(38)39)36-30(40)43-22-11-10-21-16-24-33-12-13-35(42-7,23(17-33)32(6,41)31(3,4)5)29-34(33,25(21)27(22)44-29)14-15-37(24)18-20-8-9-20/h10-11,19-20,23-24,26,29,41H,8-9,12-18H2,1-7H3,(H,36,40)(H,38,39)/t23-,24-,26?,29-,32-,33-,34+,35?/m1/s1. The van der Waals surface area contributed by atoms with Gasteiger partial charge in [-0.05, 0) is 87.3 Å². The molecule has 1 amide bonds. The third kappa shape index (κ3) is 3.81. The number of carbonyl (C=O) groups is 2. The predicted octanol–water partition coefficient (Wildman–Crippen LogP) is 4.91. The van der Waals surface area contributed by atoms with E-state index in [-0.39, 0.29) is 34.2 Å². The highest BCUT2D eigenvalue weighted by Crippen LogP contribution is 2.78. The highest BCUT2D eigenvalue weighted by Gasteiger charge is 2.82. The van der Waals surface area contributed by atoms with Crippen molar-refractivity contribution >= 4 is 12.1 Å². The number of methoxy groups -OCH3 is 1. The number of carbonyl (C=O) groups excluding carboxylic acids is 1. The number of aliphatic hydroxyl groups is 1. The Hall–Kier alpha value is -2.36. The van der Waals surface area contributed by atoms with Gasteiger partial charge in [-0.2, -0.15) is 0 Å². The molecule has 242 valence electrons. The molecular formula is C35H50N2O7. The van der Waals surface area contributed by atoms with Crippen molar-refractivity contribution in [3.8, 4) is 11.5 Å². The summed E-state index contributed by atoms with van der Waals surface area (Å²) in [5.74, 6) is 0.130. The molecule has 2 spiro atoms. The Bertz CT molecular complexity index is 1380. The van der Waals surface area contributed by atoms with Crippen LogP contribution in [-0.2, 0) is 21.4 Å². The summed E-state index contributed by atoms with van der Waals surface area (Å²) in [7, 11) is 1.78. The summed E-state index contributed by atoms with van der Waals surface area (Å²) in [5.41, 5.74) is -0.164. The fourth-order valence-electron chi connectivity index (χ4n) is 10.4. The van der Waals surface area contributed by atoms with Gasteiger partial charge in [-0.25, -0.2) is 9.59 Å². The smallest absolute Gasteiger partial charge is 0.413 e. The van der Waals surface area contributed by atoms with Gasteiger partial charge in [0.25, 0.3) is 0 Å². The summed E-state index contributed by atoms with van der Waals surface area (Å²) in [5, 5.41) is 24.6. The molecule has 3 N–H and O–H groups in total. The maximum Gasteiger partial charge on any atom is 0.413 e. The number of rotatable bonds is 8. The molecule has 9 nitrogen and oxygen atoms in total. The SMILES string of the molecule is COC12CC[C@@]3(C[C@@H]1[C@@](C)(O)C(C)(C)C)[C@H]1Cc4ccc(OC(=O)NC(C(=O)O)C(C)C)c5c4[C@@]3(CCN1CC1CC1)[C@H]2O5. The molecule has 8 rings (SSSR count). The van der Waals surface area contributed by atoms with Crippen molar-refractivity contribution in [1.82, 2.24) is 10.2 Å². The molecule has 0 aromatic heterocycles. The molecule has 0 radical (unpaired) electrons. The number of nitrogens with one attached hydrogen (secondary N) is 1. The zero-order valence-electron chi connectivity index (χ0n) is 27.4. The molecule has 4 saturated carbocycles. The Morgan fingerprint density at radius 3 is 2.50 bits per heavy atom. The molecule has 2 aliphatic heterocycles. The van der Waals surface area contributed by atoms with Gasteiger partial charge in [0.2, 0.25) is 0 Å². The molecule has 1 aromatic rings. The first-order valence-electron chi connectivity index (χ1n) is 16.7. The number of carboxylic acid groups (broad SMARTS) is 1. The highest BCUT2D eigenvalue weighted by molar-refractivity contribution is 5.81. The van der Waals surface area contributed by atoms with E-state index < -0.39 is 29.3 Å². The fourth-order valence-corrected chi connectivity index (χ4v) is 10.4. The number of piperidine rings is 1. The van der Waals surface area contributed by atoms with Crippen LogP contribution >= 0.6 is 0 Å².